The molecular formula is C17H24IN3. The molecule has 1 aromatic heterocycles. The molecule has 2 aromatic rings. The van der Waals surface area contributed by atoms with Gasteiger partial charge in [-0.15, -0.1) is 0 Å². The third-order valence-corrected chi connectivity index (χ3v) is 4.43. The molecule has 1 N–H and O–H groups in total. The summed E-state index contributed by atoms with van der Waals surface area (Å²) in [5.41, 5.74) is 3.85. The Morgan fingerprint density at radius 1 is 1.19 bits per heavy atom. The van der Waals surface area contributed by atoms with Crippen molar-refractivity contribution in [2.45, 2.75) is 46.2 Å². The highest BCUT2D eigenvalue weighted by molar-refractivity contribution is 14.1. The Hall–Kier alpha value is -0.880. The van der Waals surface area contributed by atoms with Gasteiger partial charge in [-0.25, -0.2) is 0 Å². The smallest absolute Gasteiger partial charge is 0.0624 e. The Labute approximate surface area is 141 Å². The van der Waals surface area contributed by atoms with Gasteiger partial charge < -0.3 is 5.32 Å². The summed E-state index contributed by atoms with van der Waals surface area (Å²) in [6.07, 6.45) is 1.98. The Morgan fingerprint density at radius 3 is 2.48 bits per heavy atom. The first-order valence-electron chi connectivity index (χ1n) is 7.72. The summed E-state index contributed by atoms with van der Waals surface area (Å²) < 4.78 is 3.41. The van der Waals surface area contributed by atoms with Gasteiger partial charge in [0.05, 0.1) is 5.69 Å². The summed E-state index contributed by atoms with van der Waals surface area (Å²) in [6.45, 7) is 8.38. The van der Waals surface area contributed by atoms with E-state index in [0.29, 0.717) is 6.04 Å². The molecule has 1 unspecified atom stereocenters. The molecule has 114 valence electrons. The zero-order valence-corrected chi connectivity index (χ0v) is 15.2. The molecule has 0 aliphatic heterocycles. The molecular weight excluding hydrogens is 373 g/mol. The number of rotatable bonds is 7. The highest BCUT2D eigenvalue weighted by Crippen LogP contribution is 2.20. The van der Waals surface area contributed by atoms with Crippen molar-refractivity contribution in [3.8, 4) is 0 Å². The lowest BCUT2D eigenvalue weighted by molar-refractivity contribution is 0.516. The fourth-order valence-electron chi connectivity index (χ4n) is 2.58. The molecule has 0 saturated carbocycles. The second-order valence-corrected chi connectivity index (χ2v) is 6.41. The van der Waals surface area contributed by atoms with E-state index in [2.05, 4.69) is 88.8 Å². The molecule has 0 fully saturated rings. The van der Waals surface area contributed by atoms with Gasteiger partial charge in [0, 0.05) is 28.3 Å². The van der Waals surface area contributed by atoms with Gasteiger partial charge in [-0.1, -0.05) is 26.0 Å². The fraction of sp³-hybridized carbons (Fsp3) is 0.471. The predicted molar refractivity (Wildman–Crippen MR) is 96.6 cm³/mol. The lowest BCUT2D eigenvalue weighted by atomic mass is 10.0. The van der Waals surface area contributed by atoms with Crippen molar-refractivity contribution in [1.82, 2.24) is 15.1 Å². The number of nitrogens with one attached hydrogen (secondary N) is 1. The minimum atomic E-state index is 0.346. The number of aromatic nitrogens is 2. The van der Waals surface area contributed by atoms with Crippen molar-refractivity contribution in [1.29, 1.82) is 0 Å². The minimum Gasteiger partial charge on any atom is -0.310 e. The summed E-state index contributed by atoms with van der Waals surface area (Å²) in [4.78, 5) is 0. The maximum Gasteiger partial charge on any atom is 0.0624 e. The monoisotopic (exact) mass is 397 g/mol. The number of halogens is 1. The van der Waals surface area contributed by atoms with Crippen molar-refractivity contribution >= 4 is 22.6 Å². The van der Waals surface area contributed by atoms with Gasteiger partial charge in [-0.05, 0) is 66.2 Å². The number of aryl methyl sites for hydroxylation is 2. The summed E-state index contributed by atoms with van der Waals surface area (Å²) in [6, 6.07) is 11.4. The summed E-state index contributed by atoms with van der Waals surface area (Å²) in [5.74, 6) is 0. The molecule has 0 bridgehead atoms. The average molecular weight is 397 g/mol. The fourth-order valence-corrected chi connectivity index (χ4v) is 2.94. The SMILES string of the molecule is CCNC(Cc1cc(CC)nn1CC)c1ccc(I)cc1. The average Bonchev–Trinajstić information content (AvgIpc) is 2.90. The van der Waals surface area contributed by atoms with Crippen LogP contribution < -0.4 is 5.32 Å². The third kappa shape index (κ3) is 4.30. The quantitative estimate of drug-likeness (QED) is 0.717. The van der Waals surface area contributed by atoms with Crippen LogP contribution in [-0.4, -0.2) is 16.3 Å². The van der Waals surface area contributed by atoms with Crippen LogP contribution in [0.15, 0.2) is 30.3 Å². The van der Waals surface area contributed by atoms with Crippen molar-refractivity contribution < 1.29 is 0 Å². The molecule has 0 radical (unpaired) electrons. The topological polar surface area (TPSA) is 29.9 Å². The molecule has 1 aromatic carbocycles. The van der Waals surface area contributed by atoms with Gasteiger partial charge in [0.1, 0.15) is 0 Å². The molecule has 0 aliphatic rings. The Bertz CT molecular complexity index is 560. The van der Waals surface area contributed by atoms with E-state index in [1.165, 1.54) is 20.5 Å². The molecule has 4 heteroatoms. The number of nitrogens with zero attached hydrogens (tertiary/aromatic N) is 2. The Kier molecular flexibility index (Phi) is 6.23. The van der Waals surface area contributed by atoms with E-state index in [4.69, 9.17) is 0 Å². The molecule has 0 amide bonds. The van der Waals surface area contributed by atoms with E-state index in [1.807, 2.05) is 0 Å². The molecule has 1 heterocycles. The third-order valence-electron chi connectivity index (χ3n) is 3.71. The lowest BCUT2D eigenvalue weighted by Gasteiger charge is -2.19. The maximum absolute atomic E-state index is 4.66. The van der Waals surface area contributed by atoms with Crippen LogP contribution in [0.1, 0.15) is 43.8 Å². The van der Waals surface area contributed by atoms with Crippen LogP contribution in [0.5, 0.6) is 0 Å². The lowest BCUT2D eigenvalue weighted by Crippen LogP contribution is -2.24. The Morgan fingerprint density at radius 2 is 1.90 bits per heavy atom. The summed E-state index contributed by atoms with van der Waals surface area (Å²) >= 11 is 2.35. The van der Waals surface area contributed by atoms with Crippen LogP contribution in [0.2, 0.25) is 0 Å². The van der Waals surface area contributed by atoms with E-state index in [1.54, 1.807) is 0 Å². The summed E-state index contributed by atoms with van der Waals surface area (Å²) in [5, 5.41) is 8.26. The molecule has 0 aliphatic carbocycles. The van der Waals surface area contributed by atoms with Crippen LogP contribution in [0.4, 0.5) is 0 Å². The molecule has 2 rings (SSSR count). The largest absolute Gasteiger partial charge is 0.310 e. The van der Waals surface area contributed by atoms with Crippen LogP contribution in [0, 0.1) is 3.57 Å². The number of hydrogen-bond acceptors (Lipinski definition) is 2. The van der Waals surface area contributed by atoms with E-state index >= 15 is 0 Å². The standard InChI is InChI=1S/C17H24IN3/c1-4-15-11-16(21(6-3)20-15)12-17(19-5-2)13-7-9-14(18)10-8-13/h7-11,17,19H,4-6,12H2,1-3H3. The molecule has 3 nitrogen and oxygen atoms in total. The van der Waals surface area contributed by atoms with Gasteiger partial charge in [0.15, 0.2) is 0 Å². The predicted octanol–water partition coefficient (Wildman–Crippen LogP) is 3.96. The van der Waals surface area contributed by atoms with E-state index < -0.39 is 0 Å². The molecule has 0 spiro atoms. The van der Waals surface area contributed by atoms with Crippen molar-refractivity contribution in [3.05, 3.63) is 50.9 Å². The van der Waals surface area contributed by atoms with Crippen LogP contribution in [-0.2, 0) is 19.4 Å². The van der Waals surface area contributed by atoms with E-state index in [9.17, 15) is 0 Å². The van der Waals surface area contributed by atoms with E-state index in [0.717, 1.165) is 25.9 Å². The van der Waals surface area contributed by atoms with Gasteiger partial charge >= 0.3 is 0 Å². The second-order valence-electron chi connectivity index (χ2n) is 5.16. The van der Waals surface area contributed by atoms with Crippen molar-refractivity contribution in [2.24, 2.45) is 0 Å². The van der Waals surface area contributed by atoms with Gasteiger partial charge in [-0.2, -0.15) is 5.10 Å². The van der Waals surface area contributed by atoms with Gasteiger partial charge in [0.25, 0.3) is 0 Å². The van der Waals surface area contributed by atoms with Gasteiger partial charge in [-0.3, -0.25) is 4.68 Å². The first-order valence-corrected chi connectivity index (χ1v) is 8.80. The van der Waals surface area contributed by atoms with Crippen molar-refractivity contribution in [3.63, 3.8) is 0 Å². The number of likely N-dealkylation sites (N-methyl/N-ethyl adjacent to an activating group) is 1. The molecule has 1 atom stereocenters. The Balaban J connectivity index is 2.23. The van der Waals surface area contributed by atoms with Crippen LogP contribution >= 0.6 is 22.6 Å². The number of benzene rings is 1. The zero-order valence-electron chi connectivity index (χ0n) is 13.1. The number of hydrogen-bond donors (Lipinski definition) is 1. The first kappa shape index (κ1) is 16.5. The molecule has 21 heavy (non-hydrogen) atoms. The minimum absolute atomic E-state index is 0.346. The maximum atomic E-state index is 4.66. The zero-order chi connectivity index (χ0) is 15.2. The normalized spacial score (nSPS) is 12.6. The van der Waals surface area contributed by atoms with Gasteiger partial charge in [0.2, 0.25) is 0 Å². The first-order chi connectivity index (χ1) is 10.2. The highest BCUT2D eigenvalue weighted by atomic mass is 127. The van der Waals surface area contributed by atoms with Crippen LogP contribution in [0.3, 0.4) is 0 Å². The summed E-state index contributed by atoms with van der Waals surface area (Å²) in [7, 11) is 0. The van der Waals surface area contributed by atoms with E-state index in [-0.39, 0.29) is 0 Å². The second kappa shape index (κ2) is 7.94. The van der Waals surface area contributed by atoms with Crippen LogP contribution in [0.25, 0.3) is 0 Å². The highest BCUT2D eigenvalue weighted by Gasteiger charge is 2.15. The molecule has 0 saturated heterocycles. The van der Waals surface area contributed by atoms with Crippen molar-refractivity contribution in [2.75, 3.05) is 6.54 Å².